The van der Waals surface area contributed by atoms with E-state index < -0.39 is 36.5 Å². The van der Waals surface area contributed by atoms with E-state index in [0.717, 1.165) is 0 Å². The van der Waals surface area contributed by atoms with Crippen molar-refractivity contribution < 1.29 is 18.6 Å². The third kappa shape index (κ3) is 2.02. The van der Waals surface area contributed by atoms with Crippen LogP contribution in [0.2, 0.25) is 0 Å². The predicted molar refractivity (Wildman–Crippen MR) is 43.9 cm³/mol. The summed E-state index contributed by atoms with van der Waals surface area (Å²) in [6.07, 6.45) is 0. The maximum absolute atomic E-state index is 13.1. The van der Waals surface area contributed by atoms with E-state index in [-0.39, 0.29) is 4.47 Å². The Kier molecular flexibility index (Phi) is 1.61. The van der Waals surface area contributed by atoms with Gasteiger partial charge in [0, 0.05) is 0 Å². The molecule has 0 heterocycles. The van der Waals surface area contributed by atoms with E-state index in [1.807, 2.05) is 0 Å². The van der Waals surface area contributed by atoms with Crippen molar-refractivity contribution in [3.8, 4) is 0 Å². The van der Waals surface area contributed by atoms with Crippen molar-refractivity contribution in [2.45, 2.75) is 0 Å². The molecule has 0 aromatic heterocycles. The summed E-state index contributed by atoms with van der Waals surface area (Å²) >= 11 is 2.70. The molecular weight excluding hydrogens is 214 g/mol. The third-order valence-electron chi connectivity index (χ3n) is 1.00. The van der Waals surface area contributed by atoms with Gasteiger partial charge in [-0.05, 0) is 33.5 Å². The summed E-state index contributed by atoms with van der Waals surface area (Å²) in [6.45, 7) is 0. The molecule has 2 nitrogen and oxygen atoms in total. The topological polar surface area (TPSA) is 40.5 Å². The molecule has 1 rings (SSSR count). The molecule has 0 aliphatic rings. The summed E-state index contributed by atoms with van der Waals surface area (Å²) in [7, 11) is -2.06. The predicted octanol–water partition coefficient (Wildman–Crippen LogP) is 0.268. The molecule has 0 bridgehead atoms. The van der Waals surface area contributed by atoms with Crippen LogP contribution in [0.15, 0.2) is 22.6 Å². The fraction of sp³-hybridized carbons (Fsp3) is 0. The zero-order valence-corrected chi connectivity index (χ0v) is 6.81. The average molecular weight is 222 g/mol. The number of rotatable bonds is 1. The molecule has 0 atom stereocenters. The average Bonchev–Trinajstić information content (AvgIpc) is 2.11. The van der Waals surface area contributed by atoms with Crippen LogP contribution >= 0.6 is 15.9 Å². The lowest BCUT2D eigenvalue weighted by atomic mass is 9.80. The van der Waals surface area contributed by atoms with E-state index in [4.69, 9.17) is 14.2 Å². The molecule has 0 amide bonds. The second-order valence-corrected chi connectivity index (χ2v) is 2.58. The monoisotopic (exact) mass is 221 g/mol. The smallest absolute Gasteiger partial charge is 0.423 e. The van der Waals surface area contributed by atoms with Crippen LogP contribution in [0, 0.1) is 5.82 Å². The molecule has 58 valence electrons. The maximum Gasteiger partial charge on any atom is 0.488 e. The van der Waals surface area contributed by atoms with Crippen molar-refractivity contribution in [1.29, 1.82) is 0 Å². The van der Waals surface area contributed by atoms with Crippen molar-refractivity contribution in [3.63, 3.8) is 0 Å². The molecule has 0 saturated carbocycles. The first-order chi connectivity index (χ1) is 6.37. The van der Waals surface area contributed by atoms with E-state index in [9.17, 15) is 4.39 Å². The van der Waals surface area contributed by atoms with Gasteiger partial charge in [0.05, 0.1) is 8.58 Å². The largest absolute Gasteiger partial charge is 0.488 e. The quantitative estimate of drug-likeness (QED) is 0.669. The van der Waals surface area contributed by atoms with Crippen LogP contribution in [-0.4, -0.2) is 17.2 Å². The SMILES string of the molecule is [2H]c1c([2H])c(B(O)O)c([2H])c(Br)c1F. The molecule has 0 aliphatic carbocycles. The normalized spacial score (nSPS) is 13.6. The minimum Gasteiger partial charge on any atom is -0.423 e. The van der Waals surface area contributed by atoms with Crippen LogP contribution < -0.4 is 5.46 Å². The summed E-state index contributed by atoms with van der Waals surface area (Å²) in [4.78, 5) is 0. The van der Waals surface area contributed by atoms with Crippen LogP contribution in [0.5, 0.6) is 0 Å². The second kappa shape index (κ2) is 3.34. The van der Waals surface area contributed by atoms with Gasteiger partial charge >= 0.3 is 7.12 Å². The van der Waals surface area contributed by atoms with Gasteiger partial charge in [-0.15, -0.1) is 0 Å². The Balaban J connectivity index is 3.60. The first kappa shape index (κ1) is 5.29. The van der Waals surface area contributed by atoms with Crippen LogP contribution in [0.1, 0.15) is 4.11 Å². The van der Waals surface area contributed by atoms with Crippen LogP contribution in [0.3, 0.4) is 0 Å². The summed E-state index contributed by atoms with van der Waals surface area (Å²) < 4.78 is 34.3. The lowest BCUT2D eigenvalue weighted by Gasteiger charge is -1.99. The lowest BCUT2D eigenvalue weighted by molar-refractivity contribution is 0.425. The fourth-order valence-corrected chi connectivity index (χ4v) is 0.823. The zero-order chi connectivity index (χ0) is 11.0. The molecule has 1 aromatic rings. The Hall–Kier alpha value is -0.385. The molecule has 2 N–H and O–H groups in total. The molecule has 0 spiro atoms. The Morgan fingerprint density at radius 1 is 1.55 bits per heavy atom. The van der Waals surface area contributed by atoms with Gasteiger partial charge in [0.15, 0.2) is 0 Å². The van der Waals surface area contributed by atoms with Crippen molar-refractivity contribution in [1.82, 2.24) is 0 Å². The minimum atomic E-state index is -2.06. The van der Waals surface area contributed by atoms with Crippen LogP contribution in [0.25, 0.3) is 0 Å². The van der Waals surface area contributed by atoms with Gasteiger partial charge in [-0.3, -0.25) is 0 Å². The van der Waals surface area contributed by atoms with E-state index >= 15 is 0 Å². The molecule has 5 heteroatoms. The van der Waals surface area contributed by atoms with E-state index in [1.54, 1.807) is 0 Å². The van der Waals surface area contributed by atoms with Gasteiger partial charge in [0.2, 0.25) is 0 Å². The summed E-state index contributed by atoms with van der Waals surface area (Å²) in [5.74, 6) is -1.05. The highest BCUT2D eigenvalue weighted by molar-refractivity contribution is 9.10. The highest BCUT2D eigenvalue weighted by Crippen LogP contribution is 2.11. The molecular formula is C6H5BBrFO2. The number of benzene rings is 1. The molecule has 1 aromatic carbocycles. The van der Waals surface area contributed by atoms with Crippen molar-refractivity contribution in [2.24, 2.45) is 0 Å². The molecule has 0 saturated heterocycles. The number of hydrogen-bond donors (Lipinski definition) is 2. The van der Waals surface area contributed by atoms with Gasteiger partial charge < -0.3 is 10.0 Å². The van der Waals surface area contributed by atoms with Gasteiger partial charge in [-0.2, -0.15) is 0 Å². The number of halogens is 2. The summed E-state index contributed by atoms with van der Waals surface area (Å²) in [5.41, 5.74) is -0.483. The Morgan fingerprint density at radius 3 is 2.73 bits per heavy atom. The highest BCUT2D eigenvalue weighted by Gasteiger charge is 2.11. The molecule has 0 unspecified atom stereocenters. The highest BCUT2D eigenvalue weighted by atomic mass is 79.9. The van der Waals surface area contributed by atoms with E-state index in [2.05, 4.69) is 15.9 Å². The van der Waals surface area contributed by atoms with Crippen molar-refractivity contribution >= 4 is 28.5 Å². The van der Waals surface area contributed by atoms with E-state index in [0.29, 0.717) is 0 Å². The number of hydrogen-bond acceptors (Lipinski definition) is 2. The van der Waals surface area contributed by atoms with Gasteiger partial charge in [0.25, 0.3) is 0 Å². The molecule has 0 radical (unpaired) electrons. The summed E-state index contributed by atoms with van der Waals surface area (Å²) in [5, 5.41) is 17.6. The van der Waals surface area contributed by atoms with Crippen LogP contribution in [0.4, 0.5) is 4.39 Å². The van der Waals surface area contributed by atoms with E-state index in [1.165, 1.54) is 0 Å². The molecule has 11 heavy (non-hydrogen) atoms. The van der Waals surface area contributed by atoms with Gasteiger partial charge in [-0.25, -0.2) is 4.39 Å². The standard InChI is InChI=1S/C6H5BBrFO2/c8-5-3-4(7(10)11)1-2-6(5)9/h1-3,10-11H/i1D,2D,3D. The fourth-order valence-electron chi connectivity index (χ4n) is 0.511. The van der Waals surface area contributed by atoms with Gasteiger partial charge in [0.1, 0.15) is 5.82 Å². The van der Waals surface area contributed by atoms with Crippen molar-refractivity contribution in [2.75, 3.05) is 0 Å². The Bertz CT molecular complexity index is 359. The zero-order valence-electron chi connectivity index (χ0n) is 8.23. The van der Waals surface area contributed by atoms with Crippen molar-refractivity contribution in [3.05, 3.63) is 28.4 Å². The Labute approximate surface area is 76.2 Å². The molecule has 0 fully saturated rings. The first-order valence-electron chi connectivity index (χ1n) is 4.18. The third-order valence-corrected chi connectivity index (χ3v) is 1.55. The van der Waals surface area contributed by atoms with Gasteiger partial charge in [-0.1, -0.05) is 6.04 Å². The lowest BCUT2D eigenvalue weighted by Crippen LogP contribution is -2.29. The second-order valence-electron chi connectivity index (χ2n) is 1.79. The first-order valence-corrected chi connectivity index (χ1v) is 3.48. The van der Waals surface area contributed by atoms with Crippen LogP contribution in [-0.2, 0) is 0 Å². The minimum absolute atomic E-state index is 0.346. The maximum atomic E-state index is 13.1. The summed E-state index contributed by atoms with van der Waals surface area (Å²) in [6, 6.07) is -1.99. The Morgan fingerprint density at radius 2 is 2.18 bits per heavy atom. The molecule has 0 aliphatic heterocycles.